The van der Waals surface area contributed by atoms with Crippen LogP contribution in [0.3, 0.4) is 0 Å². The van der Waals surface area contributed by atoms with Crippen molar-refractivity contribution in [2.45, 2.75) is 19.8 Å². The number of rotatable bonds is 3. The van der Waals surface area contributed by atoms with Gasteiger partial charge >= 0.3 is 0 Å². The third-order valence-corrected chi connectivity index (χ3v) is 3.68. The average Bonchev–Trinajstić information content (AvgIpc) is 2.38. The molecule has 4 heteroatoms. The monoisotopic (exact) mass is 335 g/mol. The molecule has 0 aromatic heterocycles. The van der Waals surface area contributed by atoms with Crippen molar-refractivity contribution in [3.63, 3.8) is 0 Å². The lowest BCUT2D eigenvalue weighted by molar-refractivity contribution is 0.102. The molecule has 1 amide bonds. The first kappa shape index (κ1) is 14.7. The molecule has 0 fully saturated rings. The van der Waals surface area contributed by atoms with Crippen LogP contribution in [0.25, 0.3) is 0 Å². The van der Waals surface area contributed by atoms with Gasteiger partial charge < -0.3 is 5.32 Å². The molecule has 0 saturated heterocycles. The Morgan fingerprint density at radius 2 is 1.85 bits per heavy atom. The Morgan fingerprint density at radius 3 is 2.50 bits per heavy atom. The second-order valence-electron chi connectivity index (χ2n) is 4.79. The number of para-hydroxylation sites is 1. The highest BCUT2D eigenvalue weighted by Gasteiger charge is 2.17. The average molecular weight is 336 g/mol. The fraction of sp³-hybridized carbons (Fsp3) is 0.188. The normalized spacial score (nSPS) is 10.7. The number of anilines is 1. The first-order valence-corrected chi connectivity index (χ1v) is 7.14. The second-order valence-corrected chi connectivity index (χ2v) is 5.65. The summed E-state index contributed by atoms with van der Waals surface area (Å²) >= 11 is 3.21. The molecule has 2 aromatic carbocycles. The molecule has 20 heavy (non-hydrogen) atoms. The van der Waals surface area contributed by atoms with Crippen molar-refractivity contribution >= 4 is 27.5 Å². The zero-order valence-electron chi connectivity index (χ0n) is 11.3. The van der Waals surface area contributed by atoms with Crippen LogP contribution in [0.1, 0.15) is 35.7 Å². The summed E-state index contributed by atoms with van der Waals surface area (Å²) in [5, 5.41) is 2.78. The Bertz CT molecular complexity index is 620. The number of halogens is 2. The number of hydrogen-bond donors (Lipinski definition) is 1. The van der Waals surface area contributed by atoms with Gasteiger partial charge in [0, 0.05) is 10.2 Å². The van der Waals surface area contributed by atoms with Gasteiger partial charge in [-0.1, -0.05) is 38.1 Å². The third-order valence-electron chi connectivity index (χ3n) is 3.02. The summed E-state index contributed by atoms with van der Waals surface area (Å²) in [6, 6.07) is 12.0. The maximum atomic E-state index is 13.8. The maximum Gasteiger partial charge on any atom is 0.259 e. The molecule has 104 valence electrons. The highest BCUT2D eigenvalue weighted by molar-refractivity contribution is 9.10. The number of hydrogen-bond acceptors (Lipinski definition) is 1. The molecule has 0 bridgehead atoms. The zero-order chi connectivity index (χ0) is 14.7. The topological polar surface area (TPSA) is 29.1 Å². The Balaban J connectivity index is 2.33. The van der Waals surface area contributed by atoms with Crippen molar-refractivity contribution in [2.75, 3.05) is 5.32 Å². The van der Waals surface area contributed by atoms with Crippen LogP contribution >= 0.6 is 15.9 Å². The van der Waals surface area contributed by atoms with Crippen molar-refractivity contribution in [3.05, 3.63) is 63.9 Å². The van der Waals surface area contributed by atoms with Gasteiger partial charge in [-0.15, -0.1) is 0 Å². The first-order valence-electron chi connectivity index (χ1n) is 6.35. The first-order chi connectivity index (χ1) is 9.50. The molecule has 2 nitrogen and oxygen atoms in total. The Kier molecular flexibility index (Phi) is 4.55. The molecular weight excluding hydrogens is 321 g/mol. The molecule has 0 aliphatic rings. The predicted molar refractivity (Wildman–Crippen MR) is 82.6 cm³/mol. The SMILES string of the molecule is CC(C)c1ccccc1NC(=O)c1c(F)cccc1Br. The van der Waals surface area contributed by atoms with E-state index in [1.54, 1.807) is 12.1 Å². The van der Waals surface area contributed by atoms with E-state index in [1.807, 2.05) is 38.1 Å². The van der Waals surface area contributed by atoms with Gasteiger partial charge in [0.15, 0.2) is 0 Å². The number of amides is 1. The van der Waals surface area contributed by atoms with E-state index in [2.05, 4.69) is 21.2 Å². The lowest BCUT2D eigenvalue weighted by Crippen LogP contribution is -2.16. The van der Waals surface area contributed by atoms with Gasteiger partial charge in [-0.3, -0.25) is 4.79 Å². The van der Waals surface area contributed by atoms with Gasteiger partial charge in [0.05, 0.1) is 5.56 Å². The largest absolute Gasteiger partial charge is 0.322 e. The molecule has 0 unspecified atom stereocenters. The molecule has 0 saturated carbocycles. The second kappa shape index (κ2) is 6.18. The molecule has 0 aliphatic carbocycles. The van der Waals surface area contributed by atoms with E-state index in [0.717, 1.165) is 5.56 Å². The maximum absolute atomic E-state index is 13.8. The van der Waals surface area contributed by atoms with Crippen LogP contribution in [-0.4, -0.2) is 5.91 Å². The highest BCUT2D eigenvalue weighted by atomic mass is 79.9. The van der Waals surface area contributed by atoms with Gasteiger partial charge in [-0.25, -0.2) is 4.39 Å². The molecule has 0 atom stereocenters. The molecule has 0 aliphatic heterocycles. The molecular formula is C16H15BrFNO. The van der Waals surface area contributed by atoms with E-state index in [9.17, 15) is 9.18 Å². The Labute approximate surface area is 126 Å². The van der Waals surface area contributed by atoms with Gasteiger partial charge in [0.25, 0.3) is 5.91 Å². The molecule has 1 N–H and O–H groups in total. The summed E-state index contributed by atoms with van der Waals surface area (Å²) in [5.74, 6) is -0.725. The number of benzene rings is 2. The predicted octanol–water partition coefficient (Wildman–Crippen LogP) is 4.96. The fourth-order valence-corrected chi connectivity index (χ4v) is 2.54. The van der Waals surface area contributed by atoms with Crippen molar-refractivity contribution < 1.29 is 9.18 Å². The van der Waals surface area contributed by atoms with E-state index < -0.39 is 11.7 Å². The number of nitrogens with one attached hydrogen (secondary N) is 1. The van der Waals surface area contributed by atoms with Crippen LogP contribution < -0.4 is 5.32 Å². The van der Waals surface area contributed by atoms with Crippen molar-refractivity contribution in [1.29, 1.82) is 0 Å². The fourth-order valence-electron chi connectivity index (χ4n) is 2.01. The number of carbonyl (C=O) groups excluding carboxylic acids is 1. The highest BCUT2D eigenvalue weighted by Crippen LogP contribution is 2.26. The molecule has 2 aromatic rings. The van der Waals surface area contributed by atoms with E-state index in [0.29, 0.717) is 10.2 Å². The molecule has 0 spiro atoms. The quantitative estimate of drug-likeness (QED) is 0.843. The van der Waals surface area contributed by atoms with E-state index in [-0.39, 0.29) is 11.5 Å². The van der Waals surface area contributed by atoms with Crippen LogP contribution in [0.2, 0.25) is 0 Å². The zero-order valence-corrected chi connectivity index (χ0v) is 12.9. The minimum absolute atomic E-state index is 0.0195. The number of carbonyl (C=O) groups is 1. The minimum atomic E-state index is -0.543. The Hall–Kier alpha value is -1.68. The van der Waals surface area contributed by atoms with E-state index in [1.165, 1.54) is 6.07 Å². The molecule has 0 radical (unpaired) electrons. The van der Waals surface area contributed by atoms with Gasteiger partial charge in [-0.2, -0.15) is 0 Å². The summed E-state index contributed by atoms with van der Waals surface area (Å²) in [6.07, 6.45) is 0. The lowest BCUT2D eigenvalue weighted by atomic mass is 10.0. The molecule has 2 rings (SSSR count). The minimum Gasteiger partial charge on any atom is -0.322 e. The molecule has 0 heterocycles. The van der Waals surface area contributed by atoms with E-state index in [4.69, 9.17) is 0 Å². The van der Waals surface area contributed by atoms with Crippen molar-refractivity contribution in [2.24, 2.45) is 0 Å². The van der Waals surface area contributed by atoms with Crippen LogP contribution in [0.15, 0.2) is 46.9 Å². The van der Waals surface area contributed by atoms with Crippen molar-refractivity contribution in [3.8, 4) is 0 Å². The van der Waals surface area contributed by atoms with Gasteiger partial charge in [0.1, 0.15) is 5.82 Å². The smallest absolute Gasteiger partial charge is 0.259 e. The third kappa shape index (κ3) is 3.07. The van der Waals surface area contributed by atoms with Gasteiger partial charge in [0.2, 0.25) is 0 Å². The van der Waals surface area contributed by atoms with Crippen LogP contribution in [0.5, 0.6) is 0 Å². The summed E-state index contributed by atoms with van der Waals surface area (Å²) in [7, 11) is 0. The van der Waals surface area contributed by atoms with Crippen LogP contribution in [0.4, 0.5) is 10.1 Å². The van der Waals surface area contributed by atoms with Crippen molar-refractivity contribution in [1.82, 2.24) is 0 Å². The van der Waals surface area contributed by atoms with E-state index >= 15 is 0 Å². The van der Waals surface area contributed by atoms with Gasteiger partial charge in [-0.05, 0) is 45.6 Å². The summed E-state index contributed by atoms with van der Waals surface area (Å²) in [5.41, 5.74) is 1.75. The van der Waals surface area contributed by atoms with Crippen LogP contribution in [-0.2, 0) is 0 Å². The summed E-state index contributed by atoms with van der Waals surface area (Å²) in [4.78, 5) is 12.2. The Morgan fingerprint density at radius 1 is 1.15 bits per heavy atom. The lowest BCUT2D eigenvalue weighted by Gasteiger charge is -2.14. The summed E-state index contributed by atoms with van der Waals surface area (Å²) < 4.78 is 14.2. The summed E-state index contributed by atoms with van der Waals surface area (Å²) in [6.45, 7) is 4.09. The standard InChI is InChI=1S/C16H15BrFNO/c1-10(2)11-6-3-4-9-14(11)19-16(20)15-12(17)7-5-8-13(15)18/h3-10H,1-2H3,(H,19,20). The van der Waals surface area contributed by atoms with Crippen LogP contribution in [0, 0.1) is 5.82 Å².